The SMILES string of the molecule is CCOc1ccccc1OC(c1ccc(C(F)(F)F)cc1)C1CN(C(C)C)CCO1. The summed E-state index contributed by atoms with van der Waals surface area (Å²) in [5.74, 6) is 1.13. The van der Waals surface area contributed by atoms with Crippen molar-refractivity contribution in [3.8, 4) is 11.5 Å². The maximum Gasteiger partial charge on any atom is 0.416 e. The average molecular weight is 423 g/mol. The van der Waals surface area contributed by atoms with Crippen LogP contribution in [0.1, 0.15) is 38.0 Å². The molecule has 0 aromatic heterocycles. The van der Waals surface area contributed by atoms with Crippen LogP contribution in [0.15, 0.2) is 48.5 Å². The van der Waals surface area contributed by atoms with Gasteiger partial charge in [0.15, 0.2) is 17.6 Å². The summed E-state index contributed by atoms with van der Waals surface area (Å²) in [6, 6.07) is 12.7. The number of benzene rings is 2. The zero-order valence-electron chi connectivity index (χ0n) is 17.5. The molecule has 1 saturated heterocycles. The Morgan fingerprint density at radius 3 is 2.33 bits per heavy atom. The Balaban J connectivity index is 1.93. The van der Waals surface area contributed by atoms with Gasteiger partial charge in [-0.2, -0.15) is 13.2 Å². The van der Waals surface area contributed by atoms with E-state index in [1.807, 2.05) is 25.1 Å². The smallest absolute Gasteiger partial charge is 0.416 e. The maximum absolute atomic E-state index is 13.0. The van der Waals surface area contributed by atoms with E-state index >= 15 is 0 Å². The Kier molecular flexibility index (Phi) is 7.26. The van der Waals surface area contributed by atoms with Crippen LogP contribution in [0.25, 0.3) is 0 Å². The lowest BCUT2D eigenvalue weighted by atomic mass is 10.0. The predicted molar refractivity (Wildman–Crippen MR) is 109 cm³/mol. The van der Waals surface area contributed by atoms with Crippen molar-refractivity contribution in [2.24, 2.45) is 0 Å². The van der Waals surface area contributed by atoms with Crippen molar-refractivity contribution < 1.29 is 27.4 Å². The number of halogens is 3. The largest absolute Gasteiger partial charge is 0.490 e. The van der Waals surface area contributed by atoms with Gasteiger partial charge in [0.05, 0.1) is 18.8 Å². The van der Waals surface area contributed by atoms with Crippen molar-refractivity contribution in [2.45, 2.75) is 45.2 Å². The maximum atomic E-state index is 13.0. The Labute approximate surface area is 175 Å². The molecule has 0 aliphatic carbocycles. The van der Waals surface area contributed by atoms with Gasteiger partial charge in [-0.25, -0.2) is 0 Å². The number of hydrogen-bond acceptors (Lipinski definition) is 4. The molecule has 1 aliphatic rings. The summed E-state index contributed by atoms with van der Waals surface area (Å²) in [4.78, 5) is 2.28. The minimum absolute atomic E-state index is 0.326. The first-order valence-corrected chi connectivity index (χ1v) is 10.2. The summed E-state index contributed by atoms with van der Waals surface area (Å²) in [5, 5.41) is 0. The average Bonchev–Trinajstić information content (AvgIpc) is 2.73. The van der Waals surface area contributed by atoms with E-state index in [2.05, 4.69) is 18.7 Å². The van der Waals surface area contributed by atoms with E-state index < -0.39 is 17.8 Å². The van der Waals surface area contributed by atoms with E-state index in [9.17, 15) is 13.2 Å². The Morgan fingerprint density at radius 2 is 1.73 bits per heavy atom. The molecule has 1 fully saturated rings. The number of hydrogen-bond donors (Lipinski definition) is 0. The number of alkyl halides is 3. The van der Waals surface area contributed by atoms with Crippen LogP contribution in [0.3, 0.4) is 0 Å². The van der Waals surface area contributed by atoms with Gasteiger partial charge in [0.2, 0.25) is 0 Å². The van der Waals surface area contributed by atoms with Crippen LogP contribution in [-0.4, -0.2) is 43.3 Å². The van der Waals surface area contributed by atoms with Crippen LogP contribution >= 0.6 is 0 Å². The van der Waals surface area contributed by atoms with Crippen molar-refractivity contribution in [3.05, 3.63) is 59.7 Å². The van der Waals surface area contributed by atoms with Crippen molar-refractivity contribution in [1.82, 2.24) is 4.90 Å². The zero-order chi connectivity index (χ0) is 21.7. The highest BCUT2D eigenvalue weighted by Crippen LogP contribution is 2.36. The molecule has 2 aromatic rings. The van der Waals surface area contributed by atoms with Crippen molar-refractivity contribution >= 4 is 0 Å². The molecule has 2 atom stereocenters. The standard InChI is InChI=1S/C23H28F3NO3/c1-4-28-19-7-5-6-8-20(19)30-22(21-15-27(16(2)3)13-14-29-21)17-9-11-18(12-10-17)23(24,25)26/h5-12,16,21-22H,4,13-15H2,1-3H3. The number of ether oxygens (including phenoxy) is 3. The van der Waals surface area contributed by atoms with Gasteiger partial charge in [0, 0.05) is 19.1 Å². The lowest BCUT2D eigenvalue weighted by Gasteiger charge is -2.39. The predicted octanol–water partition coefficient (Wildman–Crippen LogP) is 5.33. The topological polar surface area (TPSA) is 30.9 Å². The van der Waals surface area contributed by atoms with E-state index in [0.717, 1.165) is 18.7 Å². The van der Waals surface area contributed by atoms with Crippen LogP contribution in [0.5, 0.6) is 11.5 Å². The summed E-state index contributed by atoms with van der Waals surface area (Å²) >= 11 is 0. The second-order valence-corrected chi connectivity index (χ2v) is 7.54. The van der Waals surface area contributed by atoms with Crippen molar-refractivity contribution in [2.75, 3.05) is 26.3 Å². The summed E-state index contributed by atoms with van der Waals surface area (Å²) in [5.41, 5.74) is -0.0574. The first-order chi connectivity index (χ1) is 14.3. The first-order valence-electron chi connectivity index (χ1n) is 10.2. The molecule has 1 heterocycles. The molecule has 1 aliphatic heterocycles. The molecule has 0 bridgehead atoms. The van der Waals surface area contributed by atoms with E-state index in [4.69, 9.17) is 14.2 Å². The van der Waals surface area contributed by atoms with Crippen LogP contribution in [0.2, 0.25) is 0 Å². The lowest BCUT2D eigenvalue weighted by Crippen LogP contribution is -2.48. The van der Waals surface area contributed by atoms with Gasteiger partial charge in [-0.15, -0.1) is 0 Å². The highest BCUT2D eigenvalue weighted by molar-refractivity contribution is 5.40. The summed E-state index contributed by atoms with van der Waals surface area (Å²) in [6.45, 7) is 8.56. The zero-order valence-corrected chi connectivity index (χ0v) is 17.5. The molecule has 0 N–H and O–H groups in total. The molecule has 2 aromatic carbocycles. The quantitative estimate of drug-likeness (QED) is 0.602. The molecule has 0 saturated carbocycles. The van der Waals surface area contributed by atoms with E-state index in [1.165, 1.54) is 12.1 Å². The third-order valence-corrected chi connectivity index (χ3v) is 5.16. The van der Waals surface area contributed by atoms with Gasteiger partial charge in [0.25, 0.3) is 0 Å². The third kappa shape index (κ3) is 5.46. The van der Waals surface area contributed by atoms with Gasteiger partial charge >= 0.3 is 6.18 Å². The number of morpholine rings is 1. The van der Waals surface area contributed by atoms with Crippen LogP contribution < -0.4 is 9.47 Å². The molecule has 0 radical (unpaired) electrons. The highest BCUT2D eigenvalue weighted by Gasteiger charge is 2.34. The van der Waals surface area contributed by atoms with E-state index in [1.54, 1.807) is 6.07 Å². The van der Waals surface area contributed by atoms with Crippen molar-refractivity contribution in [3.63, 3.8) is 0 Å². The molecule has 3 rings (SSSR count). The third-order valence-electron chi connectivity index (χ3n) is 5.16. The van der Waals surface area contributed by atoms with Gasteiger partial charge in [-0.05, 0) is 50.6 Å². The minimum Gasteiger partial charge on any atom is -0.490 e. The summed E-state index contributed by atoms with van der Waals surface area (Å²) < 4.78 is 57.1. The van der Waals surface area contributed by atoms with Crippen LogP contribution in [0, 0.1) is 0 Å². The lowest BCUT2D eigenvalue weighted by molar-refractivity contribution is -0.137. The molecule has 4 nitrogen and oxygen atoms in total. The van der Waals surface area contributed by atoms with Crippen LogP contribution in [0.4, 0.5) is 13.2 Å². The normalized spacial score (nSPS) is 19.0. The fraction of sp³-hybridized carbons (Fsp3) is 0.478. The Morgan fingerprint density at radius 1 is 1.07 bits per heavy atom. The van der Waals surface area contributed by atoms with Gasteiger partial charge in [0.1, 0.15) is 6.10 Å². The van der Waals surface area contributed by atoms with Gasteiger partial charge < -0.3 is 14.2 Å². The Bertz CT molecular complexity index is 808. The highest BCUT2D eigenvalue weighted by atomic mass is 19.4. The van der Waals surface area contributed by atoms with Crippen LogP contribution in [-0.2, 0) is 10.9 Å². The number of nitrogens with zero attached hydrogens (tertiary/aromatic N) is 1. The monoisotopic (exact) mass is 423 g/mol. The Hall–Kier alpha value is -2.25. The molecular formula is C23H28F3NO3. The van der Waals surface area contributed by atoms with Crippen molar-refractivity contribution in [1.29, 1.82) is 0 Å². The molecule has 164 valence electrons. The minimum atomic E-state index is -4.38. The first kappa shape index (κ1) is 22.4. The molecule has 7 heteroatoms. The summed E-state index contributed by atoms with van der Waals surface area (Å²) in [7, 11) is 0. The number of rotatable bonds is 7. The number of para-hydroxylation sites is 2. The molecule has 30 heavy (non-hydrogen) atoms. The molecule has 0 amide bonds. The van der Waals surface area contributed by atoms with Gasteiger partial charge in [-0.3, -0.25) is 4.90 Å². The fourth-order valence-electron chi connectivity index (χ4n) is 3.53. The summed E-state index contributed by atoms with van der Waals surface area (Å²) in [6.07, 6.45) is -5.28. The van der Waals surface area contributed by atoms with Gasteiger partial charge in [-0.1, -0.05) is 24.3 Å². The second-order valence-electron chi connectivity index (χ2n) is 7.54. The van der Waals surface area contributed by atoms with E-state index in [-0.39, 0.29) is 6.10 Å². The second kappa shape index (κ2) is 9.71. The van der Waals surface area contributed by atoms with E-state index in [0.29, 0.717) is 42.9 Å². The molecule has 0 spiro atoms. The fourth-order valence-corrected chi connectivity index (χ4v) is 3.53. The molecular weight excluding hydrogens is 395 g/mol. The molecule has 2 unspecified atom stereocenters.